The quantitative estimate of drug-likeness (QED) is 0.490. The summed E-state index contributed by atoms with van der Waals surface area (Å²) in [6, 6.07) is 17.9. The SMILES string of the molecule is NCCNCc1ccccc1.NCc1ccccc1N. The molecular weight excluding hydrogens is 248 g/mol. The van der Waals surface area contributed by atoms with Gasteiger partial charge in [-0.2, -0.15) is 0 Å². The molecule has 2 aromatic rings. The van der Waals surface area contributed by atoms with Gasteiger partial charge in [0.1, 0.15) is 0 Å². The summed E-state index contributed by atoms with van der Waals surface area (Å²) < 4.78 is 0. The van der Waals surface area contributed by atoms with Crippen molar-refractivity contribution in [2.24, 2.45) is 11.5 Å². The Kier molecular flexibility index (Phi) is 8.07. The molecule has 0 unspecified atom stereocenters. The van der Waals surface area contributed by atoms with Crippen LogP contribution in [0.3, 0.4) is 0 Å². The van der Waals surface area contributed by atoms with Crippen LogP contribution >= 0.6 is 0 Å². The Hall–Kier alpha value is -1.88. The summed E-state index contributed by atoms with van der Waals surface area (Å²) >= 11 is 0. The van der Waals surface area contributed by atoms with E-state index in [0.29, 0.717) is 13.1 Å². The van der Waals surface area contributed by atoms with Crippen molar-refractivity contribution >= 4 is 5.69 Å². The zero-order chi connectivity index (χ0) is 14.6. The molecule has 0 fully saturated rings. The first-order valence-electron chi connectivity index (χ1n) is 6.76. The maximum Gasteiger partial charge on any atom is 0.0359 e. The minimum absolute atomic E-state index is 0.521. The van der Waals surface area contributed by atoms with Crippen LogP contribution in [0.2, 0.25) is 0 Å². The largest absolute Gasteiger partial charge is 0.398 e. The number of anilines is 1. The summed E-state index contributed by atoms with van der Waals surface area (Å²) in [6.45, 7) is 3.02. The van der Waals surface area contributed by atoms with Gasteiger partial charge >= 0.3 is 0 Å². The fraction of sp³-hybridized carbons (Fsp3) is 0.250. The summed E-state index contributed by atoms with van der Waals surface area (Å²) in [4.78, 5) is 0. The second kappa shape index (κ2) is 9.97. The predicted octanol–water partition coefficient (Wildman–Crippen LogP) is 1.46. The van der Waals surface area contributed by atoms with Crippen LogP contribution in [-0.2, 0) is 13.1 Å². The average Bonchev–Trinajstić information content (AvgIpc) is 2.50. The van der Waals surface area contributed by atoms with E-state index in [0.717, 1.165) is 24.3 Å². The van der Waals surface area contributed by atoms with Crippen molar-refractivity contribution in [1.29, 1.82) is 0 Å². The van der Waals surface area contributed by atoms with Crippen LogP contribution in [0.1, 0.15) is 11.1 Å². The Labute approximate surface area is 121 Å². The Morgan fingerprint density at radius 2 is 1.50 bits per heavy atom. The van der Waals surface area contributed by atoms with Gasteiger partial charge in [-0.1, -0.05) is 48.5 Å². The Bertz CT molecular complexity index is 471. The summed E-state index contributed by atoms with van der Waals surface area (Å²) in [5.74, 6) is 0. The van der Waals surface area contributed by atoms with Crippen LogP contribution in [0.4, 0.5) is 5.69 Å². The van der Waals surface area contributed by atoms with Gasteiger partial charge in [-0.25, -0.2) is 0 Å². The maximum absolute atomic E-state index is 5.55. The van der Waals surface area contributed by atoms with E-state index in [1.54, 1.807) is 0 Å². The Balaban J connectivity index is 0.000000204. The molecule has 108 valence electrons. The number of benzene rings is 2. The van der Waals surface area contributed by atoms with Crippen LogP contribution in [-0.4, -0.2) is 13.1 Å². The van der Waals surface area contributed by atoms with Crippen molar-refractivity contribution in [3.05, 3.63) is 65.7 Å². The average molecular weight is 272 g/mol. The molecule has 20 heavy (non-hydrogen) atoms. The smallest absolute Gasteiger partial charge is 0.0359 e. The number of nitrogens with two attached hydrogens (primary N) is 3. The lowest BCUT2D eigenvalue weighted by molar-refractivity contribution is 0.695. The predicted molar refractivity (Wildman–Crippen MR) is 85.9 cm³/mol. The first kappa shape index (κ1) is 16.2. The first-order chi connectivity index (χ1) is 9.77. The molecule has 4 heteroatoms. The van der Waals surface area contributed by atoms with Crippen molar-refractivity contribution in [3.63, 3.8) is 0 Å². The van der Waals surface area contributed by atoms with Crippen molar-refractivity contribution in [2.45, 2.75) is 13.1 Å². The molecular formula is C16H24N4. The van der Waals surface area contributed by atoms with Crippen molar-refractivity contribution < 1.29 is 0 Å². The van der Waals surface area contributed by atoms with E-state index in [9.17, 15) is 0 Å². The van der Waals surface area contributed by atoms with Gasteiger partial charge in [-0.15, -0.1) is 0 Å². The third kappa shape index (κ3) is 6.33. The molecule has 0 bridgehead atoms. The summed E-state index contributed by atoms with van der Waals surface area (Å²) in [5, 5.41) is 3.23. The Morgan fingerprint density at radius 3 is 2.05 bits per heavy atom. The fourth-order valence-corrected chi connectivity index (χ4v) is 1.65. The first-order valence-corrected chi connectivity index (χ1v) is 6.76. The molecule has 0 amide bonds. The van der Waals surface area contributed by atoms with E-state index >= 15 is 0 Å². The van der Waals surface area contributed by atoms with Gasteiger partial charge in [-0.3, -0.25) is 0 Å². The third-order valence-electron chi connectivity index (χ3n) is 2.77. The third-order valence-corrected chi connectivity index (χ3v) is 2.77. The number of rotatable bonds is 5. The van der Waals surface area contributed by atoms with Crippen LogP contribution in [0.5, 0.6) is 0 Å². The lowest BCUT2D eigenvalue weighted by Gasteiger charge is -2.01. The molecule has 0 atom stereocenters. The molecule has 0 aliphatic rings. The molecule has 0 saturated carbocycles. The second-order valence-corrected chi connectivity index (χ2v) is 4.35. The van der Waals surface area contributed by atoms with E-state index in [2.05, 4.69) is 17.4 Å². The molecule has 0 aliphatic heterocycles. The van der Waals surface area contributed by atoms with Gasteiger partial charge in [-0.05, 0) is 17.2 Å². The second-order valence-electron chi connectivity index (χ2n) is 4.35. The highest BCUT2D eigenvalue weighted by molar-refractivity contribution is 5.45. The van der Waals surface area contributed by atoms with E-state index in [4.69, 9.17) is 17.2 Å². The highest BCUT2D eigenvalue weighted by Crippen LogP contribution is 2.07. The van der Waals surface area contributed by atoms with Gasteiger partial charge in [0.25, 0.3) is 0 Å². The zero-order valence-electron chi connectivity index (χ0n) is 11.8. The Morgan fingerprint density at radius 1 is 0.850 bits per heavy atom. The molecule has 0 spiro atoms. The number of hydrogen-bond donors (Lipinski definition) is 4. The fourth-order valence-electron chi connectivity index (χ4n) is 1.65. The topological polar surface area (TPSA) is 90.1 Å². The molecule has 2 rings (SSSR count). The minimum Gasteiger partial charge on any atom is -0.398 e. The van der Waals surface area contributed by atoms with Crippen LogP contribution in [0.15, 0.2) is 54.6 Å². The van der Waals surface area contributed by atoms with E-state index < -0.39 is 0 Å². The van der Waals surface area contributed by atoms with E-state index in [1.807, 2.05) is 42.5 Å². The van der Waals surface area contributed by atoms with Gasteiger partial charge in [0, 0.05) is 31.9 Å². The highest BCUT2D eigenvalue weighted by atomic mass is 14.9. The van der Waals surface area contributed by atoms with E-state index in [1.165, 1.54) is 5.56 Å². The van der Waals surface area contributed by atoms with Gasteiger partial charge in [0.2, 0.25) is 0 Å². The zero-order valence-corrected chi connectivity index (χ0v) is 11.8. The number of para-hydroxylation sites is 1. The molecule has 0 saturated heterocycles. The van der Waals surface area contributed by atoms with Crippen LogP contribution in [0.25, 0.3) is 0 Å². The minimum atomic E-state index is 0.521. The summed E-state index contributed by atoms with van der Waals surface area (Å²) in [5.41, 5.74) is 19.3. The lowest BCUT2D eigenvalue weighted by atomic mass is 10.2. The number of hydrogen-bond acceptors (Lipinski definition) is 4. The molecule has 0 aromatic heterocycles. The summed E-state index contributed by atoms with van der Waals surface area (Å²) in [7, 11) is 0. The van der Waals surface area contributed by atoms with Gasteiger partial charge in [0.15, 0.2) is 0 Å². The molecule has 0 aliphatic carbocycles. The monoisotopic (exact) mass is 272 g/mol. The molecule has 0 heterocycles. The van der Waals surface area contributed by atoms with Crippen LogP contribution in [0, 0.1) is 0 Å². The summed E-state index contributed by atoms with van der Waals surface area (Å²) in [6.07, 6.45) is 0. The van der Waals surface area contributed by atoms with Crippen LogP contribution < -0.4 is 22.5 Å². The maximum atomic E-state index is 5.55. The van der Waals surface area contributed by atoms with E-state index in [-0.39, 0.29) is 0 Å². The molecule has 2 aromatic carbocycles. The highest BCUT2D eigenvalue weighted by Gasteiger charge is 1.90. The lowest BCUT2D eigenvalue weighted by Crippen LogP contribution is -2.21. The molecule has 0 radical (unpaired) electrons. The van der Waals surface area contributed by atoms with Crippen molar-refractivity contribution in [1.82, 2.24) is 5.32 Å². The van der Waals surface area contributed by atoms with Crippen molar-refractivity contribution in [2.75, 3.05) is 18.8 Å². The van der Waals surface area contributed by atoms with Crippen molar-refractivity contribution in [3.8, 4) is 0 Å². The normalized spacial score (nSPS) is 9.70. The number of nitrogens with one attached hydrogen (secondary N) is 1. The number of nitrogen functional groups attached to an aromatic ring is 1. The standard InChI is InChI=1S/C9H14N2.C7H10N2/c10-6-7-11-8-9-4-2-1-3-5-9;8-5-6-3-1-2-4-7(6)9/h1-5,11H,6-8,10H2;1-4H,5,8-9H2. The molecule has 4 nitrogen and oxygen atoms in total. The van der Waals surface area contributed by atoms with Gasteiger partial charge in [0.05, 0.1) is 0 Å². The molecule has 7 N–H and O–H groups in total. The van der Waals surface area contributed by atoms with Gasteiger partial charge < -0.3 is 22.5 Å².